The van der Waals surface area contributed by atoms with E-state index in [4.69, 9.17) is 0 Å². The van der Waals surface area contributed by atoms with E-state index in [2.05, 4.69) is 51.9 Å². The number of likely N-dealkylation sites (N-methyl/N-ethyl adjacent to an activating group) is 1. The van der Waals surface area contributed by atoms with Gasteiger partial charge in [-0.1, -0.05) is 47.5 Å². The molecule has 3 atom stereocenters. The van der Waals surface area contributed by atoms with Gasteiger partial charge in [0.25, 0.3) is 0 Å². The van der Waals surface area contributed by atoms with Gasteiger partial charge in [-0.3, -0.25) is 4.90 Å². The largest absolute Gasteiger partial charge is 0.313 e. The molecule has 18 heavy (non-hydrogen) atoms. The van der Waals surface area contributed by atoms with Crippen molar-refractivity contribution >= 4 is 0 Å². The minimum absolute atomic E-state index is 0.588. The number of hydrogen-bond acceptors (Lipinski definition) is 2. The van der Waals surface area contributed by atoms with Crippen LogP contribution in [0, 0.1) is 11.8 Å². The first kappa shape index (κ1) is 16.0. The minimum atomic E-state index is 0.588. The van der Waals surface area contributed by atoms with E-state index in [1.807, 2.05) is 0 Å². The predicted octanol–water partition coefficient (Wildman–Crippen LogP) is 3.52. The Morgan fingerprint density at radius 1 is 1.17 bits per heavy atom. The topological polar surface area (TPSA) is 15.3 Å². The van der Waals surface area contributed by atoms with Gasteiger partial charge in [-0.05, 0) is 31.7 Å². The van der Waals surface area contributed by atoms with Gasteiger partial charge in [0.05, 0.1) is 0 Å². The fraction of sp³-hybridized carbons (Fsp3) is 1.00. The van der Waals surface area contributed by atoms with Crippen LogP contribution in [-0.2, 0) is 0 Å². The lowest BCUT2D eigenvalue weighted by molar-refractivity contribution is 0.0909. The Labute approximate surface area is 115 Å². The van der Waals surface area contributed by atoms with E-state index in [0.29, 0.717) is 12.1 Å². The Hall–Kier alpha value is -0.0800. The van der Waals surface area contributed by atoms with Gasteiger partial charge < -0.3 is 5.32 Å². The summed E-state index contributed by atoms with van der Waals surface area (Å²) in [5, 5.41) is 3.62. The molecule has 0 aliphatic heterocycles. The summed E-state index contributed by atoms with van der Waals surface area (Å²) in [4.78, 5) is 2.66. The second-order valence-corrected chi connectivity index (χ2v) is 6.97. The number of nitrogens with one attached hydrogen (secondary N) is 1. The molecule has 1 N–H and O–H groups in total. The zero-order valence-electron chi connectivity index (χ0n) is 13.4. The van der Waals surface area contributed by atoms with Gasteiger partial charge in [-0.2, -0.15) is 0 Å². The molecule has 1 aliphatic rings. The molecule has 0 saturated heterocycles. The molecule has 1 fully saturated rings. The van der Waals surface area contributed by atoms with Gasteiger partial charge in [0, 0.05) is 24.7 Å². The van der Waals surface area contributed by atoms with Crippen molar-refractivity contribution in [3.63, 3.8) is 0 Å². The van der Waals surface area contributed by atoms with Crippen LogP contribution >= 0.6 is 0 Å². The Bertz CT molecular complexity index is 225. The van der Waals surface area contributed by atoms with E-state index in [1.165, 1.54) is 25.7 Å². The maximum absolute atomic E-state index is 3.62. The number of rotatable bonds is 6. The zero-order chi connectivity index (χ0) is 13.7. The van der Waals surface area contributed by atoms with Crippen LogP contribution in [0.3, 0.4) is 0 Å². The van der Waals surface area contributed by atoms with E-state index >= 15 is 0 Å². The molecule has 0 radical (unpaired) electrons. The third kappa shape index (κ3) is 4.89. The molecule has 0 aromatic carbocycles. The van der Waals surface area contributed by atoms with Crippen LogP contribution < -0.4 is 5.32 Å². The van der Waals surface area contributed by atoms with Crippen molar-refractivity contribution in [3.05, 3.63) is 0 Å². The van der Waals surface area contributed by atoms with Crippen LogP contribution in [0.5, 0.6) is 0 Å². The second kappa shape index (κ2) is 7.49. The minimum Gasteiger partial charge on any atom is -0.313 e. The molecule has 3 unspecified atom stereocenters. The quantitative estimate of drug-likeness (QED) is 0.780. The normalized spacial score (nSPS) is 27.2. The molecule has 1 saturated carbocycles. The van der Waals surface area contributed by atoms with E-state index in [-0.39, 0.29) is 0 Å². The molecule has 0 heterocycles. The number of nitrogens with zero attached hydrogens (tertiary/aromatic N) is 1. The predicted molar refractivity (Wildman–Crippen MR) is 80.9 cm³/mol. The highest BCUT2D eigenvalue weighted by atomic mass is 15.2. The van der Waals surface area contributed by atoms with E-state index in [9.17, 15) is 0 Å². The lowest BCUT2D eigenvalue weighted by atomic mass is 9.85. The third-order valence-corrected chi connectivity index (χ3v) is 4.51. The maximum Gasteiger partial charge on any atom is 0.0243 e. The van der Waals surface area contributed by atoms with Crippen molar-refractivity contribution in [2.45, 2.75) is 78.4 Å². The fourth-order valence-corrected chi connectivity index (χ4v) is 3.25. The molecular formula is C16H34N2. The van der Waals surface area contributed by atoms with Crippen molar-refractivity contribution in [3.8, 4) is 0 Å². The molecular weight excluding hydrogens is 220 g/mol. The molecule has 0 bridgehead atoms. The smallest absolute Gasteiger partial charge is 0.0243 e. The standard InChI is InChI=1S/C16H34N2/c1-12(2)16(11-17-13(3)4)18(6)15-9-7-8-14(5)10-15/h12-17H,7-11H2,1-6H3. The lowest BCUT2D eigenvalue weighted by Crippen LogP contribution is -2.50. The highest BCUT2D eigenvalue weighted by Gasteiger charge is 2.28. The molecule has 1 rings (SSSR count). The summed E-state index contributed by atoms with van der Waals surface area (Å²) in [6, 6.07) is 2.06. The summed E-state index contributed by atoms with van der Waals surface area (Å²) in [6.07, 6.45) is 5.63. The van der Waals surface area contributed by atoms with Crippen LogP contribution in [-0.4, -0.2) is 36.6 Å². The van der Waals surface area contributed by atoms with Gasteiger partial charge in [-0.15, -0.1) is 0 Å². The summed E-state index contributed by atoms with van der Waals surface area (Å²) >= 11 is 0. The van der Waals surface area contributed by atoms with Crippen LogP contribution in [0.1, 0.15) is 60.3 Å². The zero-order valence-corrected chi connectivity index (χ0v) is 13.4. The molecule has 2 nitrogen and oxygen atoms in total. The van der Waals surface area contributed by atoms with Gasteiger partial charge >= 0.3 is 0 Å². The average molecular weight is 254 g/mol. The van der Waals surface area contributed by atoms with Gasteiger partial charge in [0.2, 0.25) is 0 Å². The summed E-state index contributed by atoms with van der Waals surface area (Å²) in [7, 11) is 2.34. The number of hydrogen-bond donors (Lipinski definition) is 1. The monoisotopic (exact) mass is 254 g/mol. The first-order valence-corrected chi connectivity index (χ1v) is 7.87. The summed E-state index contributed by atoms with van der Waals surface area (Å²) in [5.41, 5.74) is 0. The second-order valence-electron chi connectivity index (χ2n) is 6.97. The molecule has 0 spiro atoms. The molecule has 2 heteroatoms. The maximum atomic E-state index is 3.62. The molecule has 0 aromatic heterocycles. The Balaban J connectivity index is 2.54. The van der Waals surface area contributed by atoms with Crippen LogP contribution in [0.25, 0.3) is 0 Å². The van der Waals surface area contributed by atoms with Crippen molar-refractivity contribution in [2.75, 3.05) is 13.6 Å². The van der Waals surface area contributed by atoms with Crippen molar-refractivity contribution < 1.29 is 0 Å². The highest BCUT2D eigenvalue weighted by molar-refractivity contribution is 4.84. The molecule has 0 amide bonds. The van der Waals surface area contributed by atoms with E-state index in [0.717, 1.165) is 24.4 Å². The van der Waals surface area contributed by atoms with Crippen LogP contribution in [0.4, 0.5) is 0 Å². The van der Waals surface area contributed by atoms with Crippen LogP contribution in [0.2, 0.25) is 0 Å². The van der Waals surface area contributed by atoms with Gasteiger partial charge in [0.15, 0.2) is 0 Å². The fourth-order valence-electron chi connectivity index (χ4n) is 3.25. The van der Waals surface area contributed by atoms with Crippen LogP contribution in [0.15, 0.2) is 0 Å². The molecule has 108 valence electrons. The van der Waals surface area contributed by atoms with Crippen molar-refractivity contribution in [1.82, 2.24) is 10.2 Å². The first-order valence-electron chi connectivity index (χ1n) is 7.87. The van der Waals surface area contributed by atoms with E-state index in [1.54, 1.807) is 0 Å². The summed E-state index contributed by atoms with van der Waals surface area (Å²) in [5.74, 6) is 1.63. The average Bonchev–Trinajstić information content (AvgIpc) is 2.28. The Morgan fingerprint density at radius 3 is 2.33 bits per heavy atom. The molecule has 1 aliphatic carbocycles. The van der Waals surface area contributed by atoms with Gasteiger partial charge in [0.1, 0.15) is 0 Å². The lowest BCUT2D eigenvalue weighted by Gasteiger charge is -2.41. The Morgan fingerprint density at radius 2 is 1.83 bits per heavy atom. The molecule has 0 aromatic rings. The third-order valence-electron chi connectivity index (χ3n) is 4.51. The van der Waals surface area contributed by atoms with Crippen molar-refractivity contribution in [2.24, 2.45) is 11.8 Å². The first-order chi connectivity index (χ1) is 8.41. The Kier molecular flexibility index (Phi) is 6.65. The van der Waals surface area contributed by atoms with Crippen molar-refractivity contribution in [1.29, 1.82) is 0 Å². The van der Waals surface area contributed by atoms with Gasteiger partial charge in [-0.25, -0.2) is 0 Å². The van der Waals surface area contributed by atoms with E-state index < -0.39 is 0 Å². The highest BCUT2D eigenvalue weighted by Crippen LogP contribution is 2.28. The summed E-state index contributed by atoms with van der Waals surface area (Å²) in [6.45, 7) is 12.7. The SMILES string of the molecule is CC1CCCC(N(C)C(CNC(C)C)C(C)C)C1. The summed E-state index contributed by atoms with van der Waals surface area (Å²) < 4.78 is 0.